The number of halogens is 5. The van der Waals surface area contributed by atoms with Crippen LogP contribution in [0.1, 0.15) is 22.5 Å². The minimum atomic E-state index is -4.36. The van der Waals surface area contributed by atoms with Crippen molar-refractivity contribution in [2.75, 3.05) is 0 Å². The minimum absolute atomic E-state index is 0.0493. The number of fused-ring (bicyclic) bond motifs is 1. The molecule has 0 atom stereocenters. The summed E-state index contributed by atoms with van der Waals surface area (Å²) in [7, 11) is 0. The Morgan fingerprint density at radius 2 is 1.56 bits per heavy atom. The molecule has 0 bridgehead atoms. The average molecular weight is 468 g/mol. The number of hydrazone groups is 1. The Labute approximate surface area is 191 Å². The SMILES string of the molecule is Fc1cccc(-c2nc3c([nH]2)CN(Cc2ccc(-c4ccc(C(F)(F)F)cc4)cc2)N=C3)c1F. The molecule has 1 N–H and O–H groups in total. The highest BCUT2D eigenvalue weighted by Gasteiger charge is 2.30. The Balaban J connectivity index is 1.28. The molecule has 172 valence electrons. The van der Waals surface area contributed by atoms with Gasteiger partial charge in [0.15, 0.2) is 11.6 Å². The number of nitrogens with zero attached hydrogens (tertiary/aromatic N) is 3. The van der Waals surface area contributed by atoms with Gasteiger partial charge in [0.05, 0.1) is 36.1 Å². The van der Waals surface area contributed by atoms with E-state index in [4.69, 9.17) is 0 Å². The summed E-state index contributed by atoms with van der Waals surface area (Å²) in [6, 6.07) is 16.4. The van der Waals surface area contributed by atoms with Gasteiger partial charge >= 0.3 is 6.18 Å². The summed E-state index contributed by atoms with van der Waals surface area (Å²) in [4.78, 5) is 7.37. The number of rotatable bonds is 4. The summed E-state index contributed by atoms with van der Waals surface area (Å²) in [5, 5.41) is 6.17. The van der Waals surface area contributed by atoms with E-state index in [9.17, 15) is 22.0 Å². The van der Waals surface area contributed by atoms with Gasteiger partial charge in [-0.1, -0.05) is 42.5 Å². The smallest absolute Gasteiger partial charge is 0.340 e. The molecule has 4 nitrogen and oxygen atoms in total. The van der Waals surface area contributed by atoms with Crippen LogP contribution < -0.4 is 0 Å². The van der Waals surface area contributed by atoms with E-state index in [2.05, 4.69) is 15.1 Å². The van der Waals surface area contributed by atoms with Crippen molar-refractivity contribution in [2.24, 2.45) is 5.10 Å². The first-order valence-corrected chi connectivity index (χ1v) is 10.4. The third-order valence-corrected chi connectivity index (χ3v) is 5.57. The molecule has 34 heavy (non-hydrogen) atoms. The Morgan fingerprint density at radius 1 is 0.882 bits per heavy atom. The van der Waals surface area contributed by atoms with E-state index in [1.165, 1.54) is 24.3 Å². The Bertz CT molecular complexity index is 1360. The predicted octanol–water partition coefficient (Wildman–Crippen LogP) is 6.39. The molecule has 1 aromatic heterocycles. The van der Waals surface area contributed by atoms with Crippen molar-refractivity contribution in [2.45, 2.75) is 19.3 Å². The average Bonchev–Trinajstić information content (AvgIpc) is 3.24. The molecule has 0 saturated carbocycles. The third-order valence-electron chi connectivity index (χ3n) is 5.57. The maximum Gasteiger partial charge on any atom is 0.416 e. The summed E-state index contributed by atoms with van der Waals surface area (Å²) >= 11 is 0. The summed E-state index contributed by atoms with van der Waals surface area (Å²) in [6.45, 7) is 0.877. The summed E-state index contributed by atoms with van der Waals surface area (Å²) in [6.07, 6.45) is -2.80. The van der Waals surface area contributed by atoms with Gasteiger partial charge in [-0.05, 0) is 41.0 Å². The van der Waals surface area contributed by atoms with Crippen LogP contribution in [0, 0.1) is 11.6 Å². The first-order chi connectivity index (χ1) is 16.3. The van der Waals surface area contributed by atoms with E-state index in [0.29, 0.717) is 24.3 Å². The van der Waals surface area contributed by atoms with Crippen LogP contribution in [-0.2, 0) is 19.3 Å². The Hall–Kier alpha value is -4.01. The highest BCUT2D eigenvalue weighted by Crippen LogP contribution is 2.31. The maximum absolute atomic E-state index is 14.1. The lowest BCUT2D eigenvalue weighted by molar-refractivity contribution is -0.137. The molecular weight excluding hydrogens is 451 g/mol. The van der Waals surface area contributed by atoms with Gasteiger partial charge in [0.25, 0.3) is 0 Å². The second kappa shape index (κ2) is 8.40. The molecule has 0 saturated heterocycles. The number of hydrogen-bond donors (Lipinski definition) is 1. The fourth-order valence-corrected chi connectivity index (χ4v) is 3.79. The van der Waals surface area contributed by atoms with Crippen molar-refractivity contribution in [3.05, 3.63) is 101 Å². The van der Waals surface area contributed by atoms with E-state index in [1.807, 2.05) is 24.3 Å². The first-order valence-electron chi connectivity index (χ1n) is 10.4. The molecule has 0 unspecified atom stereocenters. The summed E-state index contributed by atoms with van der Waals surface area (Å²) < 4.78 is 65.9. The van der Waals surface area contributed by atoms with Crippen LogP contribution in [0.25, 0.3) is 22.5 Å². The molecule has 0 radical (unpaired) electrons. The van der Waals surface area contributed by atoms with Crippen molar-refractivity contribution >= 4 is 6.21 Å². The molecule has 5 rings (SSSR count). The quantitative estimate of drug-likeness (QED) is 0.353. The molecule has 0 fully saturated rings. The summed E-state index contributed by atoms with van der Waals surface area (Å²) in [5.74, 6) is -1.67. The normalized spacial score (nSPS) is 13.3. The van der Waals surface area contributed by atoms with E-state index in [1.54, 1.807) is 11.2 Å². The van der Waals surface area contributed by atoms with Crippen LogP contribution in [0.15, 0.2) is 71.8 Å². The first kappa shape index (κ1) is 21.8. The van der Waals surface area contributed by atoms with Crippen molar-refractivity contribution in [1.82, 2.24) is 15.0 Å². The number of imidazole rings is 1. The van der Waals surface area contributed by atoms with E-state index < -0.39 is 23.4 Å². The van der Waals surface area contributed by atoms with Crippen LogP contribution in [-0.4, -0.2) is 21.2 Å². The standard InChI is InChI=1S/C25H17F5N4/c26-20-3-1-2-19(23(20)27)24-32-21-12-31-34(14-22(21)33-24)13-15-4-6-16(7-5-15)17-8-10-18(11-9-17)25(28,29)30/h1-12H,13-14H2,(H,32,33). The molecule has 0 spiro atoms. The molecule has 9 heteroatoms. The van der Waals surface area contributed by atoms with Gasteiger partial charge in [0, 0.05) is 0 Å². The molecule has 3 aromatic carbocycles. The summed E-state index contributed by atoms with van der Waals surface area (Å²) in [5.41, 5.74) is 3.10. The van der Waals surface area contributed by atoms with Crippen LogP contribution in [0.3, 0.4) is 0 Å². The number of aromatic nitrogens is 2. The predicted molar refractivity (Wildman–Crippen MR) is 118 cm³/mol. The fraction of sp³-hybridized carbons (Fsp3) is 0.120. The maximum atomic E-state index is 14.1. The molecule has 4 aromatic rings. The van der Waals surface area contributed by atoms with Gasteiger partial charge in [0.2, 0.25) is 0 Å². The minimum Gasteiger partial charge on any atom is -0.340 e. The van der Waals surface area contributed by atoms with E-state index in [0.717, 1.165) is 35.0 Å². The lowest BCUT2D eigenvalue weighted by Gasteiger charge is -2.21. The second-order valence-corrected chi connectivity index (χ2v) is 7.89. The number of H-pyrrole nitrogens is 1. The zero-order valence-corrected chi connectivity index (χ0v) is 17.6. The monoisotopic (exact) mass is 468 g/mol. The van der Waals surface area contributed by atoms with Gasteiger partial charge in [-0.2, -0.15) is 18.3 Å². The van der Waals surface area contributed by atoms with Crippen LogP contribution in [0.4, 0.5) is 22.0 Å². The van der Waals surface area contributed by atoms with Crippen LogP contribution in [0.5, 0.6) is 0 Å². The molecule has 1 aliphatic rings. The molecule has 0 amide bonds. The zero-order chi connectivity index (χ0) is 23.9. The fourth-order valence-electron chi connectivity index (χ4n) is 3.79. The molecule has 0 aliphatic carbocycles. The van der Waals surface area contributed by atoms with E-state index >= 15 is 0 Å². The van der Waals surface area contributed by atoms with Crippen molar-refractivity contribution in [3.8, 4) is 22.5 Å². The van der Waals surface area contributed by atoms with E-state index in [-0.39, 0.29) is 11.4 Å². The highest BCUT2D eigenvalue weighted by atomic mass is 19.4. The lowest BCUT2D eigenvalue weighted by atomic mass is 10.0. The second-order valence-electron chi connectivity index (χ2n) is 7.89. The number of hydrogen-bond acceptors (Lipinski definition) is 3. The van der Waals surface area contributed by atoms with Gasteiger partial charge in [-0.25, -0.2) is 13.8 Å². The Morgan fingerprint density at radius 3 is 2.24 bits per heavy atom. The van der Waals surface area contributed by atoms with Crippen molar-refractivity contribution in [1.29, 1.82) is 0 Å². The molecule has 2 heterocycles. The third kappa shape index (κ3) is 4.28. The molecular formula is C25H17F5N4. The largest absolute Gasteiger partial charge is 0.416 e. The number of benzene rings is 3. The highest BCUT2D eigenvalue weighted by molar-refractivity contribution is 5.80. The van der Waals surface area contributed by atoms with Gasteiger partial charge in [0.1, 0.15) is 11.5 Å². The van der Waals surface area contributed by atoms with Crippen molar-refractivity contribution < 1.29 is 22.0 Å². The lowest BCUT2D eigenvalue weighted by Crippen LogP contribution is -2.21. The van der Waals surface area contributed by atoms with Gasteiger partial charge in [-0.3, -0.25) is 5.01 Å². The zero-order valence-electron chi connectivity index (χ0n) is 17.6. The Kier molecular flexibility index (Phi) is 5.39. The van der Waals surface area contributed by atoms with Crippen LogP contribution >= 0.6 is 0 Å². The number of aromatic amines is 1. The van der Waals surface area contributed by atoms with Crippen molar-refractivity contribution in [3.63, 3.8) is 0 Å². The van der Waals surface area contributed by atoms with Gasteiger partial charge in [-0.15, -0.1) is 0 Å². The van der Waals surface area contributed by atoms with Gasteiger partial charge < -0.3 is 4.98 Å². The van der Waals surface area contributed by atoms with Crippen LogP contribution in [0.2, 0.25) is 0 Å². The number of nitrogens with one attached hydrogen (secondary N) is 1. The molecule has 1 aliphatic heterocycles. The topological polar surface area (TPSA) is 44.3 Å². The number of alkyl halides is 3.